The van der Waals surface area contributed by atoms with Gasteiger partial charge in [0, 0.05) is 12.1 Å². The number of anilines is 1. The van der Waals surface area contributed by atoms with E-state index in [2.05, 4.69) is 29.4 Å². The van der Waals surface area contributed by atoms with Gasteiger partial charge < -0.3 is 5.32 Å². The highest BCUT2D eigenvalue weighted by molar-refractivity contribution is 5.60. The number of aromatic nitrogens is 1. The second-order valence-electron chi connectivity index (χ2n) is 3.30. The van der Waals surface area contributed by atoms with E-state index in [1.807, 2.05) is 36.4 Å². The molecule has 0 radical (unpaired) electrons. The number of nitrogens with one attached hydrogen (secondary N) is 1. The molecule has 0 bridgehead atoms. The van der Waals surface area contributed by atoms with Gasteiger partial charge in [-0.3, -0.25) is 0 Å². The Balaban J connectivity index is 2.33. The maximum absolute atomic E-state index is 4.52. The molecule has 0 amide bonds. The molecular weight excluding hydrogens is 184 g/mol. The van der Waals surface area contributed by atoms with Crippen LogP contribution in [0.1, 0.15) is 6.92 Å². The molecule has 0 unspecified atom stereocenters. The van der Waals surface area contributed by atoms with Crippen molar-refractivity contribution in [3.05, 3.63) is 48.5 Å². The Bertz CT molecular complexity index is 424. The molecule has 0 aliphatic rings. The monoisotopic (exact) mass is 198 g/mol. The predicted octanol–water partition coefficient (Wildman–Crippen LogP) is 3.18. The summed E-state index contributed by atoms with van der Waals surface area (Å²) in [4.78, 5) is 4.52. The highest BCUT2D eigenvalue weighted by atomic mass is 15.0. The van der Waals surface area contributed by atoms with Crippen LogP contribution in [0.4, 0.5) is 5.82 Å². The van der Waals surface area contributed by atoms with Crippen molar-refractivity contribution in [2.45, 2.75) is 6.92 Å². The van der Waals surface area contributed by atoms with Gasteiger partial charge in [0.25, 0.3) is 0 Å². The van der Waals surface area contributed by atoms with Crippen LogP contribution in [0, 0.1) is 0 Å². The summed E-state index contributed by atoms with van der Waals surface area (Å²) in [5, 5.41) is 3.21. The SMILES string of the molecule is CCNc1cccc(-c2ccccc2)n1. The quantitative estimate of drug-likeness (QED) is 0.819. The number of pyridine rings is 1. The fourth-order valence-electron chi connectivity index (χ4n) is 1.48. The molecule has 2 nitrogen and oxygen atoms in total. The van der Waals surface area contributed by atoms with E-state index in [4.69, 9.17) is 0 Å². The molecule has 76 valence electrons. The summed E-state index contributed by atoms with van der Waals surface area (Å²) >= 11 is 0. The second-order valence-corrected chi connectivity index (χ2v) is 3.30. The van der Waals surface area contributed by atoms with Gasteiger partial charge in [-0.2, -0.15) is 0 Å². The molecule has 1 N–H and O–H groups in total. The molecule has 15 heavy (non-hydrogen) atoms. The lowest BCUT2D eigenvalue weighted by Gasteiger charge is -2.05. The van der Waals surface area contributed by atoms with E-state index in [0.29, 0.717) is 0 Å². The number of hydrogen-bond acceptors (Lipinski definition) is 2. The lowest BCUT2D eigenvalue weighted by molar-refractivity contribution is 1.16. The van der Waals surface area contributed by atoms with Crippen molar-refractivity contribution in [1.82, 2.24) is 4.98 Å². The Morgan fingerprint density at radius 1 is 1.00 bits per heavy atom. The molecule has 1 aromatic heterocycles. The van der Waals surface area contributed by atoms with Crippen LogP contribution in [0.25, 0.3) is 11.3 Å². The maximum atomic E-state index is 4.52. The number of benzene rings is 1. The summed E-state index contributed by atoms with van der Waals surface area (Å²) in [5.74, 6) is 0.929. The van der Waals surface area contributed by atoms with Crippen molar-refractivity contribution >= 4 is 5.82 Å². The predicted molar refractivity (Wildman–Crippen MR) is 63.8 cm³/mol. The maximum Gasteiger partial charge on any atom is 0.126 e. The third kappa shape index (κ3) is 2.34. The first-order valence-corrected chi connectivity index (χ1v) is 5.16. The van der Waals surface area contributed by atoms with Crippen LogP contribution in [-0.2, 0) is 0 Å². The standard InChI is InChI=1S/C13H14N2/c1-2-14-13-10-6-9-12(15-13)11-7-4-3-5-8-11/h3-10H,2H2,1H3,(H,14,15). The molecule has 0 aliphatic heterocycles. The van der Waals surface area contributed by atoms with Gasteiger partial charge in [-0.25, -0.2) is 4.98 Å². The molecule has 0 saturated heterocycles. The summed E-state index contributed by atoms with van der Waals surface area (Å²) in [6, 6.07) is 16.2. The highest BCUT2D eigenvalue weighted by Crippen LogP contribution is 2.17. The first kappa shape index (κ1) is 9.71. The molecule has 0 fully saturated rings. The average molecular weight is 198 g/mol. The first-order chi connectivity index (χ1) is 7.40. The minimum atomic E-state index is 0.894. The summed E-state index contributed by atoms with van der Waals surface area (Å²) < 4.78 is 0. The second kappa shape index (κ2) is 4.60. The molecule has 2 rings (SSSR count). The lowest BCUT2D eigenvalue weighted by atomic mass is 10.1. The van der Waals surface area contributed by atoms with Crippen molar-refractivity contribution in [3.63, 3.8) is 0 Å². The van der Waals surface area contributed by atoms with Gasteiger partial charge in [0.2, 0.25) is 0 Å². The molecule has 1 heterocycles. The van der Waals surface area contributed by atoms with Crippen molar-refractivity contribution in [2.24, 2.45) is 0 Å². The summed E-state index contributed by atoms with van der Waals surface area (Å²) in [6.45, 7) is 2.96. The van der Waals surface area contributed by atoms with E-state index >= 15 is 0 Å². The molecule has 2 aromatic rings. The molecule has 0 spiro atoms. The molecule has 0 atom stereocenters. The third-order valence-electron chi connectivity index (χ3n) is 2.18. The van der Waals surface area contributed by atoms with E-state index in [1.54, 1.807) is 0 Å². The zero-order valence-electron chi connectivity index (χ0n) is 8.77. The van der Waals surface area contributed by atoms with Crippen molar-refractivity contribution in [1.29, 1.82) is 0 Å². The van der Waals surface area contributed by atoms with Crippen LogP contribution < -0.4 is 5.32 Å². The van der Waals surface area contributed by atoms with Crippen molar-refractivity contribution in [3.8, 4) is 11.3 Å². The highest BCUT2D eigenvalue weighted by Gasteiger charge is 1.98. The Morgan fingerprint density at radius 2 is 1.80 bits per heavy atom. The summed E-state index contributed by atoms with van der Waals surface area (Å²) in [6.07, 6.45) is 0. The van der Waals surface area contributed by atoms with Gasteiger partial charge >= 0.3 is 0 Å². The fourth-order valence-corrected chi connectivity index (χ4v) is 1.48. The number of hydrogen-bond donors (Lipinski definition) is 1. The third-order valence-corrected chi connectivity index (χ3v) is 2.18. The van der Waals surface area contributed by atoms with Crippen molar-refractivity contribution < 1.29 is 0 Å². The van der Waals surface area contributed by atoms with E-state index in [9.17, 15) is 0 Å². The Kier molecular flexibility index (Phi) is 2.98. The van der Waals surface area contributed by atoms with Gasteiger partial charge in [0.15, 0.2) is 0 Å². The Labute approximate surface area is 90.0 Å². The summed E-state index contributed by atoms with van der Waals surface area (Å²) in [5.41, 5.74) is 2.16. The lowest BCUT2D eigenvalue weighted by Crippen LogP contribution is -1.99. The van der Waals surface area contributed by atoms with Crippen LogP contribution >= 0.6 is 0 Å². The minimum Gasteiger partial charge on any atom is -0.370 e. The van der Waals surface area contributed by atoms with E-state index in [0.717, 1.165) is 23.6 Å². The topological polar surface area (TPSA) is 24.9 Å². The zero-order valence-corrected chi connectivity index (χ0v) is 8.77. The number of nitrogens with zero attached hydrogens (tertiary/aromatic N) is 1. The number of rotatable bonds is 3. The molecule has 2 heteroatoms. The Morgan fingerprint density at radius 3 is 2.53 bits per heavy atom. The molecule has 0 saturated carbocycles. The van der Waals surface area contributed by atoms with Crippen molar-refractivity contribution in [2.75, 3.05) is 11.9 Å². The molecular formula is C13H14N2. The van der Waals surface area contributed by atoms with Crippen LogP contribution in [0.15, 0.2) is 48.5 Å². The van der Waals surface area contributed by atoms with E-state index in [1.165, 1.54) is 0 Å². The molecule has 0 aliphatic carbocycles. The van der Waals surface area contributed by atoms with Gasteiger partial charge in [-0.05, 0) is 19.1 Å². The normalized spacial score (nSPS) is 9.93. The van der Waals surface area contributed by atoms with Crippen LogP contribution in [0.2, 0.25) is 0 Å². The average Bonchev–Trinajstić information content (AvgIpc) is 2.31. The van der Waals surface area contributed by atoms with E-state index < -0.39 is 0 Å². The van der Waals surface area contributed by atoms with Gasteiger partial charge in [0.1, 0.15) is 5.82 Å². The summed E-state index contributed by atoms with van der Waals surface area (Å²) in [7, 11) is 0. The Hall–Kier alpha value is -1.83. The largest absolute Gasteiger partial charge is 0.370 e. The first-order valence-electron chi connectivity index (χ1n) is 5.16. The molecule has 1 aromatic carbocycles. The van der Waals surface area contributed by atoms with E-state index in [-0.39, 0.29) is 0 Å². The van der Waals surface area contributed by atoms with Crippen LogP contribution in [0.3, 0.4) is 0 Å². The van der Waals surface area contributed by atoms with Gasteiger partial charge in [0.05, 0.1) is 5.69 Å². The fraction of sp³-hybridized carbons (Fsp3) is 0.154. The zero-order chi connectivity index (χ0) is 10.5. The van der Waals surface area contributed by atoms with Gasteiger partial charge in [-0.15, -0.1) is 0 Å². The minimum absolute atomic E-state index is 0.894. The smallest absolute Gasteiger partial charge is 0.126 e. The van der Waals surface area contributed by atoms with Crippen LogP contribution in [-0.4, -0.2) is 11.5 Å². The van der Waals surface area contributed by atoms with Gasteiger partial charge in [-0.1, -0.05) is 36.4 Å². The van der Waals surface area contributed by atoms with Crippen LogP contribution in [0.5, 0.6) is 0 Å².